The van der Waals surface area contributed by atoms with Crippen molar-refractivity contribution in [1.82, 2.24) is 4.98 Å². The van der Waals surface area contributed by atoms with E-state index in [0.717, 1.165) is 22.9 Å². The Hall–Kier alpha value is -1.39. The molecule has 2 aromatic rings. The van der Waals surface area contributed by atoms with Gasteiger partial charge in [-0.3, -0.25) is 0 Å². The zero-order valence-corrected chi connectivity index (χ0v) is 14.7. The second kappa shape index (κ2) is 7.25. The molecule has 1 heterocycles. The summed E-state index contributed by atoms with van der Waals surface area (Å²) in [5.74, 6) is 1.19. The summed E-state index contributed by atoms with van der Waals surface area (Å²) in [5.41, 5.74) is 8.50. The fraction of sp³-hybridized carbons (Fsp3) is 0.500. The minimum atomic E-state index is 0.0903. The van der Waals surface area contributed by atoms with E-state index in [1.165, 1.54) is 5.56 Å². The number of nitrogens with zero attached hydrogens (tertiary/aromatic N) is 1. The van der Waals surface area contributed by atoms with E-state index in [1.54, 1.807) is 11.3 Å². The number of benzene rings is 1. The maximum absolute atomic E-state index is 5.99. The normalized spacial score (nSPS) is 13.1. The van der Waals surface area contributed by atoms with Crippen LogP contribution in [-0.2, 0) is 11.8 Å². The molecule has 4 heteroatoms. The number of ether oxygens (including phenoxy) is 1. The average molecular weight is 318 g/mol. The lowest BCUT2D eigenvalue weighted by Gasteiger charge is -2.16. The number of nitrogens with two attached hydrogens (primary N) is 1. The van der Waals surface area contributed by atoms with Crippen LogP contribution in [0, 0.1) is 0 Å². The Morgan fingerprint density at radius 3 is 2.41 bits per heavy atom. The Balaban J connectivity index is 2.10. The molecule has 3 nitrogen and oxygen atoms in total. The van der Waals surface area contributed by atoms with Gasteiger partial charge in [-0.1, -0.05) is 32.9 Å². The molecule has 0 fully saturated rings. The second-order valence-electron chi connectivity index (χ2n) is 6.53. The van der Waals surface area contributed by atoms with Gasteiger partial charge in [0.1, 0.15) is 5.75 Å². The molecule has 0 aliphatic carbocycles. The predicted molar refractivity (Wildman–Crippen MR) is 93.9 cm³/mol. The van der Waals surface area contributed by atoms with Crippen LogP contribution in [0.4, 0.5) is 0 Å². The van der Waals surface area contributed by atoms with Crippen LogP contribution >= 0.6 is 11.3 Å². The van der Waals surface area contributed by atoms with Gasteiger partial charge in [-0.25, -0.2) is 4.98 Å². The Morgan fingerprint density at radius 2 is 1.91 bits per heavy atom. The number of rotatable bonds is 6. The molecule has 1 aromatic heterocycles. The lowest BCUT2D eigenvalue weighted by atomic mass is 9.93. The van der Waals surface area contributed by atoms with Crippen molar-refractivity contribution in [1.29, 1.82) is 0 Å². The largest absolute Gasteiger partial charge is 0.494 e. The highest BCUT2D eigenvalue weighted by molar-refractivity contribution is 7.09. The summed E-state index contributed by atoms with van der Waals surface area (Å²) in [7, 11) is 0. The molecule has 1 unspecified atom stereocenters. The minimum Gasteiger partial charge on any atom is -0.494 e. The standard InChI is InChI=1S/C18H26N2OS/c1-5-21-15-8-6-13(7-9-15)10-14(11-19)17-20-16(12-22-17)18(2,3)4/h6-9,12,14H,5,10-11,19H2,1-4H3. The van der Waals surface area contributed by atoms with Gasteiger partial charge in [0, 0.05) is 23.3 Å². The average Bonchev–Trinajstić information content (AvgIpc) is 2.96. The molecule has 0 saturated carbocycles. The number of hydrogen-bond acceptors (Lipinski definition) is 4. The zero-order chi connectivity index (χ0) is 16.2. The van der Waals surface area contributed by atoms with Crippen molar-refractivity contribution in [3.8, 4) is 5.75 Å². The van der Waals surface area contributed by atoms with Crippen LogP contribution in [0.1, 0.15) is 49.9 Å². The van der Waals surface area contributed by atoms with Crippen molar-refractivity contribution in [2.24, 2.45) is 5.73 Å². The molecular formula is C18H26N2OS. The minimum absolute atomic E-state index is 0.0903. The zero-order valence-electron chi connectivity index (χ0n) is 13.9. The Morgan fingerprint density at radius 1 is 1.23 bits per heavy atom. The number of hydrogen-bond donors (Lipinski definition) is 1. The van der Waals surface area contributed by atoms with Crippen molar-refractivity contribution in [2.75, 3.05) is 13.2 Å². The molecule has 0 saturated heterocycles. The molecule has 0 radical (unpaired) electrons. The van der Waals surface area contributed by atoms with E-state index in [4.69, 9.17) is 15.5 Å². The van der Waals surface area contributed by atoms with Crippen LogP contribution in [-0.4, -0.2) is 18.1 Å². The van der Waals surface area contributed by atoms with Crippen LogP contribution in [0.15, 0.2) is 29.6 Å². The van der Waals surface area contributed by atoms with Crippen LogP contribution < -0.4 is 10.5 Å². The molecule has 2 N–H and O–H groups in total. The summed E-state index contributed by atoms with van der Waals surface area (Å²) in [6, 6.07) is 8.28. The molecule has 120 valence electrons. The molecule has 1 atom stereocenters. The van der Waals surface area contributed by atoms with E-state index in [9.17, 15) is 0 Å². The highest BCUT2D eigenvalue weighted by atomic mass is 32.1. The topological polar surface area (TPSA) is 48.1 Å². The molecule has 0 amide bonds. The van der Waals surface area contributed by atoms with Gasteiger partial charge in [0.15, 0.2) is 0 Å². The highest BCUT2D eigenvalue weighted by Crippen LogP contribution is 2.29. The molecule has 2 rings (SSSR count). The quantitative estimate of drug-likeness (QED) is 0.871. The van der Waals surface area contributed by atoms with Crippen molar-refractivity contribution >= 4 is 11.3 Å². The summed E-state index contributed by atoms with van der Waals surface area (Å²) >= 11 is 1.72. The van der Waals surface area contributed by atoms with Crippen molar-refractivity contribution < 1.29 is 4.74 Å². The molecular weight excluding hydrogens is 292 g/mol. The third-order valence-corrected chi connectivity index (χ3v) is 4.65. The fourth-order valence-electron chi connectivity index (χ4n) is 2.26. The van der Waals surface area contributed by atoms with Crippen molar-refractivity contribution in [3.63, 3.8) is 0 Å². The summed E-state index contributed by atoms with van der Waals surface area (Å²) < 4.78 is 5.48. The third-order valence-electron chi connectivity index (χ3n) is 3.64. The second-order valence-corrected chi connectivity index (χ2v) is 7.42. The first-order valence-electron chi connectivity index (χ1n) is 7.81. The molecule has 0 spiro atoms. The van der Waals surface area contributed by atoms with Gasteiger partial charge < -0.3 is 10.5 Å². The molecule has 22 heavy (non-hydrogen) atoms. The van der Waals surface area contributed by atoms with Crippen LogP contribution in [0.25, 0.3) is 0 Å². The first-order valence-corrected chi connectivity index (χ1v) is 8.69. The Kier molecular flexibility index (Phi) is 5.59. The van der Waals surface area contributed by atoms with Gasteiger partial charge in [-0.2, -0.15) is 0 Å². The van der Waals surface area contributed by atoms with Gasteiger partial charge >= 0.3 is 0 Å². The Labute approximate surface area is 137 Å². The monoisotopic (exact) mass is 318 g/mol. The van der Waals surface area contributed by atoms with Gasteiger partial charge in [0.05, 0.1) is 17.3 Å². The van der Waals surface area contributed by atoms with Gasteiger partial charge in [0.2, 0.25) is 0 Å². The van der Waals surface area contributed by atoms with Gasteiger partial charge in [0.25, 0.3) is 0 Å². The van der Waals surface area contributed by atoms with E-state index in [2.05, 4.69) is 38.3 Å². The first-order chi connectivity index (χ1) is 10.4. The van der Waals surface area contributed by atoms with Gasteiger partial charge in [-0.15, -0.1) is 11.3 Å². The third kappa shape index (κ3) is 4.31. The van der Waals surface area contributed by atoms with Crippen molar-refractivity contribution in [3.05, 3.63) is 45.9 Å². The molecule has 0 aliphatic heterocycles. The van der Waals surface area contributed by atoms with E-state index < -0.39 is 0 Å². The summed E-state index contributed by atoms with van der Waals surface area (Å²) in [5, 5.41) is 3.30. The Bertz CT molecular complexity index is 584. The van der Waals surface area contributed by atoms with Gasteiger partial charge in [-0.05, 0) is 31.0 Å². The van der Waals surface area contributed by atoms with E-state index in [0.29, 0.717) is 13.2 Å². The van der Waals surface area contributed by atoms with Crippen molar-refractivity contribution in [2.45, 2.75) is 45.4 Å². The smallest absolute Gasteiger partial charge is 0.119 e. The molecule has 1 aromatic carbocycles. The number of thiazole rings is 1. The maximum Gasteiger partial charge on any atom is 0.119 e. The van der Waals surface area contributed by atoms with Crippen LogP contribution in [0.2, 0.25) is 0 Å². The SMILES string of the molecule is CCOc1ccc(CC(CN)c2nc(C(C)(C)C)cs2)cc1. The first kappa shape index (κ1) is 17.0. The molecule has 0 aliphatic rings. The summed E-state index contributed by atoms with van der Waals surface area (Å²) in [6.07, 6.45) is 0.917. The van der Waals surface area contributed by atoms with Crippen LogP contribution in [0.3, 0.4) is 0 Å². The highest BCUT2D eigenvalue weighted by Gasteiger charge is 2.21. The number of aromatic nitrogens is 1. The fourth-order valence-corrected chi connectivity index (χ4v) is 3.43. The van der Waals surface area contributed by atoms with E-state index >= 15 is 0 Å². The predicted octanol–water partition coefficient (Wildman–Crippen LogP) is 4.12. The van der Waals surface area contributed by atoms with Crippen LogP contribution in [0.5, 0.6) is 5.75 Å². The summed E-state index contributed by atoms with van der Waals surface area (Å²) in [4.78, 5) is 4.81. The summed E-state index contributed by atoms with van der Waals surface area (Å²) in [6.45, 7) is 9.87. The lowest BCUT2D eigenvalue weighted by molar-refractivity contribution is 0.340. The lowest BCUT2D eigenvalue weighted by Crippen LogP contribution is -2.16. The van der Waals surface area contributed by atoms with E-state index in [1.807, 2.05) is 19.1 Å². The van der Waals surface area contributed by atoms with E-state index in [-0.39, 0.29) is 11.3 Å². The maximum atomic E-state index is 5.99. The molecule has 0 bridgehead atoms.